The number of fused-ring (bicyclic) bond motifs is 2. The molecule has 1 aromatic heterocycles. The Morgan fingerprint density at radius 2 is 1.42 bits per heavy atom. The number of aromatic hydroxyl groups is 1. The molecule has 358 valence electrons. The van der Waals surface area contributed by atoms with Crippen LogP contribution < -0.4 is 16.1 Å². The van der Waals surface area contributed by atoms with Crippen LogP contribution in [-0.2, 0) is 36.0 Å². The predicted molar refractivity (Wildman–Crippen MR) is 277 cm³/mol. The maximum absolute atomic E-state index is 14.7. The predicted octanol–water partition coefficient (Wildman–Crippen LogP) is 8.51. The van der Waals surface area contributed by atoms with Gasteiger partial charge in [-0.1, -0.05) is 169 Å². The molecular weight excluding hydrogens is 947 g/mol. The van der Waals surface area contributed by atoms with Crippen molar-refractivity contribution in [1.82, 2.24) is 25.0 Å². The fraction of sp³-hybridized carbons (Fsp3) is 0.125. The number of phenolic OH excluding ortho intramolecular Hbond substituents is 1. The Hall–Kier alpha value is -8.60. The highest BCUT2D eigenvalue weighted by atomic mass is 32.2. The van der Waals surface area contributed by atoms with Crippen molar-refractivity contribution < 1.29 is 29.1 Å². The minimum Gasteiger partial charge on any atom is -0.504 e. The maximum atomic E-state index is 14.7. The van der Waals surface area contributed by atoms with Gasteiger partial charge in [-0.2, -0.15) is 5.10 Å². The third-order valence-electron chi connectivity index (χ3n) is 12.4. The van der Waals surface area contributed by atoms with Gasteiger partial charge in [0.25, 0.3) is 11.8 Å². The van der Waals surface area contributed by atoms with Gasteiger partial charge in [-0.15, -0.1) is 23.1 Å². The molecule has 14 nitrogen and oxygen atoms in total. The summed E-state index contributed by atoms with van der Waals surface area (Å²) in [6.07, 6.45) is 5.99. The summed E-state index contributed by atoms with van der Waals surface area (Å²) in [4.78, 5) is 67.0. The number of β-lactam (4-membered cyclic amide) rings is 1. The number of hydrogen-bond acceptors (Lipinski definition) is 13. The second-order valence-corrected chi connectivity index (χ2v) is 18.8. The van der Waals surface area contributed by atoms with Gasteiger partial charge in [-0.25, -0.2) is 9.78 Å². The molecule has 1 saturated heterocycles. The molecule has 0 bridgehead atoms. The first-order chi connectivity index (χ1) is 35.2. The number of aromatic nitrogens is 3. The van der Waals surface area contributed by atoms with E-state index in [1.165, 1.54) is 53.4 Å². The molecule has 4 aliphatic rings. The van der Waals surface area contributed by atoms with Gasteiger partial charge in [0, 0.05) is 28.5 Å². The Bertz CT molecular complexity index is 3230. The second-order valence-electron chi connectivity index (χ2n) is 16.8. The average Bonchev–Trinajstić information content (AvgIpc) is 3.89. The SMILES string of the molecule is CO/N=C(\C(=O)NC1C(=O)N2C(C(=O)OC(c3ccccc3)c3ccccc3)=C(/C=C/Cn3cc4cc(O)c(=O)cc-4cn3)CS[C@@H]12)c1csc(NC(c2ccccc2)(c2ccccc2)c2ccccc2)n1. The van der Waals surface area contributed by atoms with Gasteiger partial charge in [0.15, 0.2) is 22.7 Å². The minimum absolute atomic E-state index is 0.0476. The summed E-state index contributed by atoms with van der Waals surface area (Å²) in [6.45, 7) is 0.250. The van der Waals surface area contributed by atoms with E-state index in [4.69, 9.17) is 14.6 Å². The van der Waals surface area contributed by atoms with E-state index in [2.05, 4.69) is 57.3 Å². The van der Waals surface area contributed by atoms with Crippen molar-refractivity contribution in [2.24, 2.45) is 5.16 Å². The van der Waals surface area contributed by atoms with Gasteiger partial charge in [-0.3, -0.25) is 24.0 Å². The fourth-order valence-electron chi connectivity index (χ4n) is 8.95. The lowest BCUT2D eigenvalue weighted by Crippen LogP contribution is -2.71. The highest BCUT2D eigenvalue weighted by Gasteiger charge is 2.55. The van der Waals surface area contributed by atoms with Crippen molar-refractivity contribution >= 4 is 51.7 Å². The number of ether oxygens (including phenoxy) is 1. The fourth-order valence-corrected chi connectivity index (χ4v) is 11.0. The smallest absolute Gasteiger partial charge is 0.356 e. The summed E-state index contributed by atoms with van der Waals surface area (Å²) in [7, 11) is 1.33. The largest absolute Gasteiger partial charge is 0.504 e. The highest BCUT2D eigenvalue weighted by molar-refractivity contribution is 8.00. The molecule has 3 N–H and O–H groups in total. The number of allylic oxidation sites excluding steroid dienone is 2. The summed E-state index contributed by atoms with van der Waals surface area (Å²) in [5, 5.41) is 26.7. The van der Waals surface area contributed by atoms with Crippen molar-refractivity contribution in [1.29, 1.82) is 0 Å². The maximum Gasteiger partial charge on any atom is 0.356 e. The van der Waals surface area contributed by atoms with E-state index in [0.717, 1.165) is 27.8 Å². The molecule has 0 radical (unpaired) electrons. The molecule has 2 atom stereocenters. The Kier molecular flexibility index (Phi) is 13.6. The number of phenols is 1. The van der Waals surface area contributed by atoms with E-state index in [-0.39, 0.29) is 35.1 Å². The van der Waals surface area contributed by atoms with E-state index in [0.29, 0.717) is 21.8 Å². The molecule has 5 aromatic carbocycles. The van der Waals surface area contributed by atoms with Crippen LogP contribution in [0.25, 0.3) is 11.1 Å². The number of carbonyl (C=O) groups excluding carboxylic acids is 3. The lowest BCUT2D eigenvalue weighted by molar-refractivity contribution is -0.154. The first-order valence-electron chi connectivity index (χ1n) is 22.9. The first-order valence-corrected chi connectivity index (χ1v) is 24.8. The number of anilines is 1. The number of rotatable bonds is 16. The van der Waals surface area contributed by atoms with Crippen LogP contribution in [0.1, 0.15) is 39.6 Å². The Morgan fingerprint density at radius 1 is 0.833 bits per heavy atom. The summed E-state index contributed by atoms with van der Waals surface area (Å²) in [5.74, 6) is -2.02. The van der Waals surface area contributed by atoms with Crippen molar-refractivity contribution in [3.63, 3.8) is 0 Å². The van der Waals surface area contributed by atoms with Gasteiger partial charge in [-0.05, 0) is 45.5 Å². The van der Waals surface area contributed by atoms with Crippen molar-refractivity contribution in [3.05, 3.63) is 249 Å². The monoisotopic (exact) mass is 991 g/mol. The minimum atomic E-state index is -1.04. The van der Waals surface area contributed by atoms with Crippen LogP contribution in [0.5, 0.6) is 5.75 Å². The van der Waals surface area contributed by atoms with Gasteiger partial charge < -0.3 is 25.3 Å². The Morgan fingerprint density at radius 3 is 2.00 bits per heavy atom. The molecule has 0 saturated carbocycles. The van der Waals surface area contributed by atoms with Crippen LogP contribution in [0.3, 0.4) is 0 Å². The highest BCUT2D eigenvalue weighted by Crippen LogP contribution is 2.43. The lowest BCUT2D eigenvalue weighted by Gasteiger charge is -2.49. The molecule has 72 heavy (non-hydrogen) atoms. The van der Waals surface area contributed by atoms with Gasteiger partial charge in [0.05, 0.1) is 12.7 Å². The molecule has 0 spiro atoms. The van der Waals surface area contributed by atoms with Crippen LogP contribution in [0.15, 0.2) is 215 Å². The van der Waals surface area contributed by atoms with Crippen LogP contribution >= 0.6 is 23.1 Å². The van der Waals surface area contributed by atoms with Gasteiger partial charge in [0.2, 0.25) is 5.43 Å². The molecule has 10 rings (SSSR count). The summed E-state index contributed by atoms with van der Waals surface area (Å²) < 4.78 is 7.98. The quantitative estimate of drug-likeness (QED) is 0.0278. The molecular formula is C56H45N7O7S2. The summed E-state index contributed by atoms with van der Waals surface area (Å²) in [6, 6.07) is 50.6. The van der Waals surface area contributed by atoms with Gasteiger partial charge >= 0.3 is 5.97 Å². The summed E-state index contributed by atoms with van der Waals surface area (Å²) >= 11 is 2.68. The Balaban J connectivity index is 0.928. The van der Waals surface area contributed by atoms with E-state index < -0.39 is 46.3 Å². The number of thioether (sulfide) groups is 1. The average molecular weight is 992 g/mol. The van der Waals surface area contributed by atoms with E-state index >= 15 is 0 Å². The van der Waals surface area contributed by atoms with Crippen LogP contribution in [0.2, 0.25) is 0 Å². The van der Waals surface area contributed by atoms with E-state index in [9.17, 15) is 24.3 Å². The van der Waals surface area contributed by atoms with Crippen LogP contribution in [0, 0.1) is 0 Å². The molecule has 3 aliphatic heterocycles. The first kappa shape index (κ1) is 47.1. The number of hydrogen-bond donors (Lipinski definition) is 3. The Labute approximate surface area is 422 Å². The molecule has 1 fully saturated rings. The number of amides is 2. The number of nitrogens with one attached hydrogen (secondary N) is 2. The molecule has 6 aromatic rings. The standard InChI is InChI=1S/C56H45N7O7S2/c1-69-61-47(44-35-72-55(58-44)60-56(41-23-11-4-12-24-41,42-25-13-5-14-26-42)43-27-15-6-16-28-43)51(66)59-48-52(67)63-49(54(68)70-50(36-18-7-2-8-19-36)37-20-9-3-10-21-37)38(34-71-53(48)63)22-17-29-62-33-40-31-46(65)45(64)30-39(40)32-57-62/h2-28,30-33,35,48,50,53,65H,29,34H2,1H3,(H,58,60)(H,59,66)/b22-17+,61-47-/t48?,53-/m0/s1. The van der Waals surface area contributed by atoms with Gasteiger partial charge in [0.1, 0.15) is 35.5 Å². The zero-order chi connectivity index (χ0) is 49.6. The normalized spacial score (nSPS) is 15.8. The second kappa shape index (κ2) is 20.8. The van der Waals surface area contributed by atoms with Crippen molar-refractivity contribution in [3.8, 4) is 16.9 Å². The molecule has 16 heteroatoms. The van der Waals surface area contributed by atoms with E-state index in [1.807, 2.05) is 115 Å². The molecule has 2 amide bonds. The number of oxime groups is 1. The zero-order valence-electron chi connectivity index (χ0n) is 38.6. The van der Waals surface area contributed by atoms with Crippen LogP contribution in [0.4, 0.5) is 5.13 Å². The molecule has 1 aliphatic carbocycles. The van der Waals surface area contributed by atoms with E-state index in [1.54, 1.807) is 28.4 Å². The number of carbonyl (C=O) groups is 3. The third kappa shape index (κ3) is 9.40. The number of esters is 1. The zero-order valence-corrected chi connectivity index (χ0v) is 40.2. The van der Waals surface area contributed by atoms with Crippen molar-refractivity contribution in [2.45, 2.75) is 29.6 Å². The van der Waals surface area contributed by atoms with Crippen molar-refractivity contribution in [2.75, 3.05) is 18.2 Å². The molecule has 1 unspecified atom stereocenters. The number of nitrogens with zero attached hydrogens (tertiary/aromatic N) is 5. The lowest BCUT2D eigenvalue weighted by atomic mass is 9.77. The number of benzene rings is 6. The van der Waals surface area contributed by atoms with Crippen LogP contribution in [-0.4, -0.2) is 72.5 Å². The number of thiazole rings is 1. The molecule has 4 heterocycles. The summed E-state index contributed by atoms with van der Waals surface area (Å²) in [5.41, 5.74) is 4.84. The topological polar surface area (TPSA) is 177 Å². The third-order valence-corrected chi connectivity index (χ3v) is 14.4.